The molecule has 1 heterocycles. The van der Waals surface area contributed by atoms with Crippen LogP contribution in [-0.4, -0.2) is 29.6 Å². The number of phenols is 1. The number of carbonyl (C=O) groups is 2. The molecular weight excluding hydrogens is 306 g/mol. The van der Waals surface area contributed by atoms with Crippen molar-refractivity contribution in [2.75, 3.05) is 11.5 Å². The fourth-order valence-corrected chi connectivity index (χ4v) is 3.03. The molecule has 0 unspecified atom stereocenters. The average Bonchev–Trinajstić information content (AvgIpc) is 2.88. The Kier molecular flexibility index (Phi) is 4.25. The summed E-state index contributed by atoms with van der Waals surface area (Å²) in [5.41, 5.74) is 2.87. The second kappa shape index (κ2) is 6.35. The van der Waals surface area contributed by atoms with Gasteiger partial charge in [-0.3, -0.25) is 4.79 Å². The molecule has 1 N–H and O–H groups in total. The molecule has 0 fully saturated rings. The van der Waals surface area contributed by atoms with Gasteiger partial charge in [0.25, 0.3) is 5.91 Å². The molecule has 0 spiro atoms. The predicted octanol–water partition coefficient (Wildman–Crippen LogP) is 2.84. The maximum absolute atomic E-state index is 12.5. The first-order valence-corrected chi connectivity index (χ1v) is 7.84. The third kappa shape index (κ3) is 2.97. The van der Waals surface area contributed by atoms with E-state index in [1.807, 2.05) is 38.1 Å². The van der Waals surface area contributed by atoms with Crippen LogP contribution < -0.4 is 4.90 Å². The minimum Gasteiger partial charge on any atom is -0.507 e. The second-order valence-electron chi connectivity index (χ2n) is 6.04. The Labute approximate surface area is 140 Å². The maximum atomic E-state index is 12.5. The van der Waals surface area contributed by atoms with E-state index in [-0.39, 0.29) is 29.9 Å². The molecule has 1 aliphatic heterocycles. The van der Waals surface area contributed by atoms with Crippen molar-refractivity contribution >= 4 is 17.6 Å². The monoisotopic (exact) mass is 325 g/mol. The van der Waals surface area contributed by atoms with Gasteiger partial charge in [-0.2, -0.15) is 0 Å². The minimum absolute atomic E-state index is 0.0291. The lowest BCUT2D eigenvalue weighted by Gasteiger charge is -2.22. The molecule has 0 aliphatic carbocycles. The molecule has 3 rings (SSSR count). The molecule has 1 atom stereocenters. The number of ether oxygens (including phenoxy) is 1. The number of esters is 1. The summed E-state index contributed by atoms with van der Waals surface area (Å²) < 4.78 is 5.10. The molecule has 0 bridgehead atoms. The first kappa shape index (κ1) is 16.1. The van der Waals surface area contributed by atoms with E-state index in [1.165, 1.54) is 12.1 Å². The van der Waals surface area contributed by atoms with Crippen molar-refractivity contribution in [2.24, 2.45) is 0 Å². The molecule has 2 aromatic carbocycles. The number of para-hydroxylation sites is 1. The number of phenolic OH excluding ortho intramolecular Hbond substituents is 1. The molecule has 0 saturated carbocycles. The highest BCUT2D eigenvalue weighted by atomic mass is 16.5. The quantitative estimate of drug-likeness (QED) is 0.881. The smallest absolute Gasteiger partial charge is 0.342 e. The number of aromatic hydroxyl groups is 1. The van der Waals surface area contributed by atoms with Crippen LogP contribution in [0.15, 0.2) is 42.5 Å². The summed E-state index contributed by atoms with van der Waals surface area (Å²) in [4.78, 5) is 26.2. The SMILES string of the molecule is Cc1ccc(C(=O)OCC(=O)N2c3ccccc3C[C@H]2C)c(O)c1. The van der Waals surface area contributed by atoms with Crippen LogP contribution in [0.2, 0.25) is 0 Å². The number of fused-ring (bicyclic) bond motifs is 1. The Hall–Kier alpha value is -2.82. The first-order valence-electron chi connectivity index (χ1n) is 7.84. The van der Waals surface area contributed by atoms with Crippen LogP contribution in [0.25, 0.3) is 0 Å². The summed E-state index contributed by atoms with van der Waals surface area (Å²) in [5.74, 6) is -1.12. The largest absolute Gasteiger partial charge is 0.507 e. The van der Waals surface area contributed by atoms with Gasteiger partial charge in [-0.1, -0.05) is 24.3 Å². The molecule has 2 aromatic rings. The fourth-order valence-electron chi connectivity index (χ4n) is 3.03. The van der Waals surface area contributed by atoms with Crippen molar-refractivity contribution in [2.45, 2.75) is 26.3 Å². The predicted molar refractivity (Wildman–Crippen MR) is 90.2 cm³/mol. The molecule has 1 aliphatic rings. The lowest BCUT2D eigenvalue weighted by molar-refractivity contribution is -0.122. The molecular formula is C19H19NO4. The van der Waals surface area contributed by atoms with E-state index >= 15 is 0 Å². The lowest BCUT2D eigenvalue weighted by Crippen LogP contribution is -2.38. The topological polar surface area (TPSA) is 66.8 Å². The molecule has 1 amide bonds. The third-order valence-corrected chi connectivity index (χ3v) is 4.18. The third-order valence-electron chi connectivity index (χ3n) is 4.18. The summed E-state index contributed by atoms with van der Waals surface area (Å²) >= 11 is 0. The normalized spacial score (nSPS) is 15.9. The van der Waals surface area contributed by atoms with Crippen LogP contribution in [0.5, 0.6) is 5.75 Å². The highest BCUT2D eigenvalue weighted by molar-refractivity contribution is 5.99. The lowest BCUT2D eigenvalue weighted by atomic mass is 10.1. The zero-order valence-corrected chi connectivity index (χ0v) is 13.7. The van der Waals surface area contributed by atoms with Crippen LogP contribution in [0.3, 0.4) is 0 Å². The highest BCUT2D eigenvalue weighted by Gasteiger charge is 2.31. The molecule has 0 aromatic heterocycles. The zero-order chi connectivity index (χ0) is 17.3. The molecule has 0 radical (unpaired) electrons. The van der Waals surface area contributed by atoms with E-state index in [4.69, 9.17) is 4.74 Å². The van der Waals surface area contributed by atoms with Crippen LogP contribution >= 0.6 is 0 Å². The molecule has 0 saturated heterocycles. The number of hydrogen-bond donors (Lipinski definition) is 1. The number of carbonyl (C=O) groups excluding carboxylic acids is 2. The standard InChI is InChI=1S/C19H19NO4/c1-12-7-8-15(17(21)9-12)19(23)24-11-18(22)20-13(2)10-14-5-3-4-6-16(14)20/h3-9,13,21H,10-11H2,1-2H3/t13-/m1/s1. The summed E-state index contributed by atoms with van der Waals surface area (Å²) in [6.45, 7) is 3.42. The van der Waals surface area contributed by atoms with Crippen molar-refractivity contribution in [1.82, 2.24) is 0 Å². The Morgan fingerprint density at radius 2 is 2.00 bits per heavy atom. The Balaban J connectivity index is 1.69. The van der Waals surface area contributed by atoms with E-state index < -0.39 is 5.97 Å². The minimum atomic E-state index is -0.707. The number of amides is 1. The van der Waals surface area contributed by atoms with Gasteiger partial charge in [0.1, 0.15) is 11.3 Å². The van der Waals surface area contributed by atoms with Gasteiger partial charge in [0.15, 0.2) is 6.61 Å². The van der Waals surface area contributed by atoms with Gasteiger partial charge in [0, 0.05) is 11.7 Å². The van der Waals surface area contributed by atoms with Crippen molar-refractivity contribution in [3.05, 3.63) is 59.2 Å². The van der Waals surface area contributed by atoms with E-state index in [9.17, 15) is 14.7 Å². The van der Waals surface area contributed by atoms with Crippen LogP contribution in [0, 0.1) is 6.92 Å². The van der Waals surface area contributed by atoms with Crippen LogP contribution in [0.1, 0.15) is 28.4 Å². The average molecular weight is 325 g/mol. The molecule has 124 valence electrons. The molecule has 24 heavy (non-hydrogen) atoms. The van der Waals surface area contributed by atoms with Gasteiger partial charge in [0.05, 0.1) is 0 Å². The Bertz CT molecular complexity index is 800. The van der Waals surface area contributed by atoms with Gasteiger partial charge in [0.2, 0.25) is 0 Å². The molecule has 5 heteroatoms. The first-order chi connectivity index (χ1) is 11.5. The van der Waals surface area contributed by atoms with Crippen molar-refractivity contribution in [1.29, 1.82) is 0 Å². The van der Waals surface area contributed by atoms with Gasteiger partial charge in [-0.15, -0.1) is 0 Å². The Morgan fingerprint density at radius 3 is 2.75 bits per heavy atom. The van der Waals surface area contributed by atoms with E-state index in [1.54, 1.807) is 11.0 Å². The summed E-state index contributed by atoms with van der Waals surface area (Å²) in [5, 5.41) is 9.81. The van der Waals surface area contributed by atoms with Gasteiger partial charge < -0.3 is 14.7 Å². The van der Waals surface area contributed by atoms with E-state index in [0.717, 1.165) is 23.2 Å². The van der Waals surface area contributed by atoms with Crippen molar-refractivity contribution in [3.63, 3.8) is 0 Å². The zero-order valence-electron chi connectivity index (χ0n) is 13.7. The van der Waals surface area contributed by atoms with Gasteiger partial charge in [-0.05, 0) is 49.6 Å². The summed E-state index contributed by atoms with van der Waals surface area (Å²) in [6, 6.07) is 12.4. The van der Waals surface area contributed by atoms with Crippen molar-refractivity contribution in [3.8, 4) is 5.75 Å². The van der Waals surface area contributed by atoms with Gasteiger partial charge >= 0.3 is 5.97 Å². The van der Waals surface area contributed by atoms with Gasteiger partial charge in [-0.25, -0.2) is 4.79 Å². The fraction of sp³-hybridized carbons (Fsp3) is 0.263. The van der Waals surface area contributed by atoms with Crippen LogP contribution in [-0.2, 0) is 16.0 Å². The van der Waals surface area contributed by atoms with E-state index in [2.05, 4.69) is 0 Å². The Morgan fingerprint density at radius 1 is 1.25 bits per heavy atom. The summed E-state index contributed by atoms with van der Waals surface area (Å²) in [7, 11) is 0. The number of rotatable bonds is 3. The van der Waals surface area contributed by atoms with Crippen LogP contribution in [0.4, 0.5) is 5.69 Å². The van der Waals surface area contributed by atoms with E-state index in [0.29, 0.717) is 0 Å². The number of benzene rings is 2. The number of aryl methyl sites for hydroxylation is 1. The molecule has 5 nitrogen and oxygen atoms in total. The van der Waals surface area contributed by atoms with Crippen molar-refractivity contribution < 1.29 is 19.4 Å². The number of hydrogen-bond acceptors (Lipinski definition) is 4. The second-order valence-corrected chi connectivity index (χ2v) is 6.04. The highest BCUT2D eigenvalue weighted by Crippen LogP contribution is 2.31. The number of nitrogens with zero attached hydrogens (tertiary/aromatic N) is 1. The summed E-state index contributed by atoms with van der Waals surface area (Å²) in [6.07, 6.45) is 0.786. The maximum Gasteiger partial charge on any atom is 0.342 e. The number of anilines is 1.